The molecule has 5 rings (SSSR count). The van der Waals surface area contributed by atoms with E-state index < -0.39 is 50.3 Å². The Hall–Kier alpha value is -4.01. The number of alkyl halides is 3. The predicted molar refractivity (Wildman–Crippen MR) is 163 cm³/mol. The standard InChI is InChI=1S/C31H31ClF3N3O7S/c1-36(2)28(39)24-10-7-8-16-37(24)30(21-9-5-6-11-25(21)43-3)22-17-19(32)12-14-23(22)38(29(30)40)46(41,42)27-15-13-20(18-26(27)44-4)45-31(33,34)35/h5-6,9,11-15,17-18,24H,7-8,10,16H2,1-4H3/t24-,30?/m0/s1. The number of rotatable bonds is 8. The molecule has 0 radical (unpaired) electrons. The zero-order valence-corrected chi connectivity index (χ0v) is 26.9. The number of likely N-dealkylation sites (N-methyl/N-ethyl adjacent to an activating group) is 1. The largest absolute Gasteiger partial charge is 0.573 e. The third-order valence-corrected chi connectivity index (χ3v) is 10.1. The highest BCUT2D eigenvalue weighted by Crippen LogP contribution is 2.55. The van der Waals surface area contributed by atoms with Crippen molar-refractivity contribution in [3.63, 3.8) is 0 Å². The zero-order chi connectivity index (χ0) is 33.6. The van der Waals surface area contributed by atoms with Crippen molar-refractivity contribution in [1.29, 1.82) is 0 Å². The SMILES string of the molecule is COc1ccccc1C1(N2CCCC[C@H]2C(=O)N(C)C)C(=O)N(S(=O)(=O)c2ccc(OC(F)(F)F)cc2OC)c2ccc(Cl)cc21. The maximum atomic E-state index is 15.2. The van der Waals surface area contributed by atoms with Gasteiger partial charge in [-0.05, 0) is 49.2 Å². The molecule has 2 heterocycles. The molecule has 1 saturated heterocycles. The van der Waals surface area contributed by atoms with Crippen LogP contribution in [0.15, 0.2) is 65.6 Å². The second-order valence-corrected chi connectivity index (χ2v) is 13.1. The van der Waals surface area contributed by atoms with Crippen molar-refractivity contribution in [2.75, 3.05) is 39.2 Å². The third-order valence-electron chi connectivity index (χ3n) is 8.10. The molecule has 15 heteroatoms. The Balaban J connectivity index is 1.81. The zero-order valence-electron chi connectivity index (χ0n) is 25.3. The van der Waals surface area contributed by atoms with Crippen LogP contribution in [-0.4, -0.2) is 77.3 Å². The van der Waals surface area contributed by atoms with Crippen LogP contribution in [0.1, 0.15) is 30.4 Å². The van der Waals surface area contributed by atoms with E-state index in [4.69, 9.17) is 21.1 Å². The molecule has 2 aliphatic rings. The van der Waals surface area contributed by atoms with Gasteiger partial charge in [-0.3, -0.25) is 14.5 Å². The highest BCUT2D eigenvalue weighted by atomic mass is 35.5. The molecule has 3 aromatic carbocycles. The number of hydrogen-bond donors (Lipinski definition) is 0. The number of carbonyl (C=O) groups excluding carboxylic acids is 2. The summed E-state index contributed by atoms with van der Waals surface area (Å²) in [7, 11) is 0.794. The molecule has 2 amide bonds. The number of sulfonamides is 1. The number of carbonyl (C=O) groups is 2. The molecule has 1 fully saturated rings. The van der Waals surface area contributed by atoms with Crippen LogP contribution in [0.5, 0.6) is 17.2 Å². The minimum absolute atomic E-state index is 0.0559. The highest BCUT2D eigenvalue weighted by Gasteiger charge is 2.62. The van der Waals surface area contributed by atoms with Gasteiger partial charge in [-0.1, -0.05) is 36.2 Å². The summed E-state index contributed by atoms with van der Waals surface area (Å²) in [5.74, 6) is -2.18. The van der Waals surface area contributed by atoms with Gasteiger partial charge in [0.05, 0.1) is 25.9 Å². The highest BCUT2D eigenvalue weighted by molar-refractivity contribution is 7.93. The number of amides is 2. The Morgan fingerprint density at radius 3 is 2.33 bits per heavy atom. The summed E-state index contributed by atoms with van der Waals surface area (Å²) >= 11 is 6.51. The van der Waals surface area contributed by atoms with E-state index in [0.717, 1.165) is 25.3 Å². The Morgan fingerprint density at radius 2 is 1.67 bits per heavy atom. The fourth-order valence-electron chi connectivity index (χ4n) is 6.27. The number of benzene rings is 3. The first-order valence-electron chi connectivity index (χ1n) is 14.1. The topological polar surface area (TPSA) is 106 Å². The Kier molecular flexibility index (Phi) is 8.92. The summed E-state index contributed by atoms with van der Waals surface area (Å²) in [5, 5.41) is 0.198. The Morgan fingerprint density at radius 1 is 0.978 bits per heavy atom. The number of piperidine rings is 1. The van der Waals surface area contributed by atoms with Crippen LogP contribution >= 0.6 is 11.6 Å². The molecule has 0 N–H and O–H groups in total. The molecule has 2 atom stereocenters. The minimum Gasteiger partial charge on any atom is -0.496 e. The van der Waals surface area contributed by atoms with Gasteiger partial charge in [0.15, 0.2) is 5.54 Å². The van der Waals surface area contributed by atoms with Crippen LogP contribution < -0.4 is 18.5 Å². The quantitative estimate of drug-likeness (QED) is 0.321. The Bertz CT molecular complexity index is 1790. The summed E-state index contributed by atoms with van der Waals surface area (Å²) in [6.07, 6.45) is -3.38. The van der Waals surface area contributed by atoms with Gasteiger partial charge in [-0.2, -0.15) is 0 Å². The van der Waals surface area contributed by atoms with Gasteiger partial charge >= 0.3 is 6.36 Å². The van der Waals surface area contributed by atoms with E-state index in [9.17, 15) is 26.4 Å². The number of anilines is 1. The average Bonchev–Trinajstić information content (AvgIpc) is 3.27. The lowest BCUT2D eigenvalue weighted by Crippen LogP contribution is -2.62. The fourth-order valence-corrected chi connectivity index (χ4v) is 8.04. The molecule has 0 spiro atoms. The maximum absolute atomic E-state index is 15.2. The number of halogens is 4. The van der Waals surface area contributed by atoms with E-state index in [1.165, 1.54) is 30.2 Å². The van der Waals surface area contributed by atoms with E-state index in [1.807, 2.05) is 0 Å². The first kappa shape index (κ1) is 33.4. The van der Waals surface area contributed by atoms with Crippen LogP contribution in [0, 0.1) is 0 Å². The Labute approximate surface area is 269 Å². The van der Waals surface area contributed by atoms with Crippen LogP contribution in [0.4, 0.5) is 18.9 Å². The van der Waals surface area contributed by atoms with E-state index in [-0.39, 0.29) is 40.0 Å². The number of methoxy groups -OCH3 is 2. The van der Waals surface area contributed by atoms with Crippen LogP contribution in [0.25, 0.3) is 0 Å². The second kappa shape index (κ2) is 12.3. The van der Waals surface area contributed by atoms with Crippen molar-refractivity contribution in [2.24, 2.45) is 0 Å². The van der Waals surface area contributed by atoms with Crippen LogP contribution in [-0.2, 0) is 25.2 Å². The summed E-state index contributed by atoms with van der Waals surface area (Å²) in [5.41, 5.74) is -1.52. The van der Waals surface area contributed by atoms with Crippen molar-refractivity contribution in [2.45, 2.75) is 42.1 Å². The van der Waals surface area contributed by atoms with Crippen molar-refractivity contribution in [3.8, 4) is 17.2 Å². The normalized spacial score (nSPS) is 20.3. The van der Waals surface area contributed by atoms with E-state index in [1.54, 1.807) is 43.3 Å². The second-order valence-electron chi connectivity index (χ2n) is 10.9. The molecule has 3 aromatic rings. The lowest BCUT2D eigenvalue weighted by molar-refractivity contribution is -0.274. The van der Waals surface area contributed by atoms with Gasteiger partial charge in [0.2, 0.25) is 5.91 Å². The number of hydrogen-bond acceptors (Lipinski definition) is 8. The number of fused-ring (bicyclic) bond motifs is 1. The van der Waals surface area contributed by atoms with Gasteiger partial charge in [0.1, 0.15) is 22.1 Å². The first-order chi connectivity index (χ1) is 21.7. The van der Waals surface area contributed by atoms with Crippen molar-refractivity contribution < 1.29 is 45.4 Å². The lowest BCUT2D eigenvalue weighted by Gasteiger charge is -2.47. The number of ether oxygens (including phenoxy) is 3. The van der Waals surface area contributed by atoms with Crippen LogP contribution in [0.2, 0.25) is 5.02 Å². The maximum Gasteiger partial charge on any atom is 0.573 e. The van der Waals surface area contributed by atoms with Gasteiger partial charge < -0.3 is 19.1 Å². The summed E-state index contributed by atoms with van der Waals surface area (Å²) in [4.78, 5) is 31.4. The predicted octanol–water partition coefficient (Wildman–Crippen LogP) is 5.18. The summed E-state index contributed by atoms with van der Waals surface area (Å²) in [6, 6.07) is 12.5. The molecule has 10 nitrogen and oxygen atoms in total. The van der Waals surface area contributed by atoms with Gasteiger partial charge in [0.25, 0.3) is 15.9 Å². The molecule has 0 bridgehead atoms. The molecule has 2 aliphatic heterocycles. The molecule has 46 heavy (non-hydrogen) atoms. The number of likely N-dealkylation sites (tertiary alicyclic amines) is 1. The molecule has 0 aliphatic carbocycles. The van der Waals surface area contributed by atoms with E-state index in [2.05, 4.69) is 4.74 Å². The average molecular weight is 682 g/mol. The van der Waals surface area contributed by atoms with E-state index >= 15 is 4.79 Å². The van der Waals surface area contributed by atoms with E-state index in [0.29, 0.717) is 23.6 Å². The van der Waals surface area contributed by atoms with Gasteiger partial charge in [-0.25, -0.2) is 12.7 Å². The first-order valence-corrected chi connectivity index (χ1v) is 15.9. The van der Waals surface area contributed by atoms with Crippen LogP contribution in [0.3, 0.4) is 0 Å². The molecule has 1 unspecified atom stereocenters. The molecule has 0 aromatic heterocycles. The number of para-hydroxylation sites is 1. The third kappa shape index (κ3) is 5.52. The van der Waals surface area contributed by atoms with Crippen molar-refractivity contribution >= 4 is 39.1 Å². The fraction of sp³-hybridized carbons (Fsp3) is 0.355. The minimum atomic E-state index is -5.04. The molecular formula is C31H31ClF3N3O7S. The van der Waals surface area contributed by atoms with Crippen molar-refractivity contribution in [1.82, 2.24) is 9.80 Å². The smallest absolute Gasteiger partial charge is 0.496 e. The molecule has 246 valence electrons. The summed E-state index contributed by atoms with van der Waals surface area (Å²) in [6.45, 7) is 0.237. The van der Waals surface area contributed by atoms with Crippen molar-refractivity contribution in [3.05, 3.63) is 76.8 Å². The molecule has 0 saturated carbocycles. The number of nitrogens with zero attached hydrogens (tertiary/aromatic N) is 3. The van der Waals surface area contributed by atoms with Gasteiger partial charge in [0, 0.05) is 42.9 Å². The lowest BCUT2D eigenvalue weighted by atomic mass is 9.78. The van der Waals surface area contributed by atoms with Gasteiger partial charge in [-0.15, -0.1) is 13.2 Å². The monoisotopic (exact) mass is 681 g/mol. The summed E-state index contributed by atoms with van der Waals surface area (Å²) < 4.78 is 83.4. The molecular weight excluding hydrogens is 651 g/mol.